The fourth-order valence-electron chi connectivity index (χ4n) is 0.786. The number of amides is 1. The maximum absolute atomic E-state index is 11.0. The average Bonchev–Trinajstić information content (AvgIpc) is 2.10. The van der Waals surface area contributed by atoms with Gasteiger partial charge in [0.25, 0.3) is 5.91 Å². The zero-order valence-electron chi connectivity index (χ0n) is 6.86. The molecule has 9 heteroatoms. The van der Waals surface area contributed by atoms with Gasteiger partial charge in [0.1, 0.15) is 6.54 Å². The number of aromatic nitrogens is 3. The molecule has 1 aromatic heterocycles. The summed E-state index contributed by atoms with van der Waals surface area (Å²) < 4.78 is 0.504. The number of H-pyrrole nitrogens is 2. The Morgan fingerprint density at radius 2 is 1.79 bits per heavy atom. The first-order valence-electron chi connectivity index (χ1n) is 3.47. The fraction of sp³-hybridized carbons (Fsp3) is 0.200. The third-order valence-electron chi connectivity index (χ3n) is 1.39. The van der Waals surface area contributed by atoms with Crippen LogP contribution >= 0.6 is 0 Å². The van der Waals surface area contributed by atoms with Crippen LogP contribution in [0.3, 0.4) is 0 Å². The molecule has 14 heavy (non-hydrogen) atoms. The first-order valence-corrected chi connectivity index (χ1v) is 3.47. The second-order valence-corrected chi connectivity index (χ2v) is 2.34. The third kappa shape index (κ3) is 1.95. The second-order valence-electron chi connectivity index (χ2n) is 2.34. The predicted octanol–water partition coefficient (Wildman–Crippen LogP) is -3.79. The van der Waals surface area contributed by atoms with Crippen molar-refractivity contribution in [1.29, 1.82) is 0 Å². The van der Waals surface area contributed by atoms with Crippen LogP contribution in [0.5, 0.6) is 0 Å². The zero-order valence-corrected chi connectivity index (χ0v) is 6.86. The van der Waals surface area contributed by atoms with Gasteiger partial charge in [-0.2, -0.15) is 0 Å². The first-order chi connectivity index (χ1) is 6.54. The van der Waals surface area contributed by atoms with Gasteiger partial charge in [0.05, 0.1) is 0 Å². The summed E-state index contributed by atoms with van der Waals surface area (Å²) >= 11 is 0. The van der Waals surface area contributed by atoms with E-state index in [1.54, 1.807) is 15.4 Å². The average molecular weight is 201 g/mol. The Bertz CT molecular complexity index is 474. The highest BCUT2D eigenvalue weighted by Gasteiger charge is 2.06. The number of nitrogens with one attached hydrogen (secondary N) is 3. The topological polar surface area (TPSA) is 143 Å². The molecule has 1 aromatic rings. The van der Waals surface area contributed by atoms with E-state index in [1.165, 1.54) is 0 Å². The lowest BCUT2D eigenvalue weighted by Crippen LogP contribution is -2.47. The molecule has 0 fully saturated rings. The van der Waals surface area contributed by atoms with Crippen molar-refractivity contribution in [3.63, 3.8) is 0 Å². The summed E-state index contributed by atoms with van der Waals surface area (Å²) in [5.74, 6) is 4.02. The van der Waals surface area contributed by atoms with Crippen molar-refractivity contribution in [2.45, 2.75) is 6.54 Å². The molecule has 1 rings (SSSR count). The van der Waals surface area contributed by atoms with Crippen molar-refractivity contribution < 1.29 is 4.79 Å². The molecule has 76 valence electrons. The Hall–Kier alpha value is -2.16. The number of hydrogen-bond acceptors (Lipinski definition) is 5. The standard InChI is InChI=1S/C5H7N5O4/c6-9-2(11)1-10-4(13)7-3(12)8-5(10)14/h1,6H2,(H,9,11)(H2,7,8,12,13,14). The van der Waals surface area contributed by atoms with Crippen LogP contribution in [0.1, 0.15) is 0 Å². The quantitative estimate of drug-likeness (QED) is 0.220. The number of rotatable bonds is 2. The summed E-state index contributed by atoms with van der Waals surface area (Å²) in [6, 6.07) is 0. The fourth-order valence-corrected chi connectivity index (χ4v) is 0.786. The Labute approximate surface area is 75.5 Å². The van der Waals surface area contributed by atoms with E-state index < -0.39 is 29.5 Å². The van der Waals surface area contributed by atoms with Crippen molar-refractivity contribution in [3.05, 3.63) is 31.5 Å². The van der Waals surface area contributed by atoms with Crippen molar-refractivity contribution >= 4 is 5.91 Å². The molecule has 0 radical (unpaired) electrons. The second kappa shape index (κ2) is 3.70. The van der Waals surface area contributed by atoms with Crippen molar-refractivity contribution in [2.24, 2.45) is 5.84 Å². The Morgan fingerprint density at radius 1 is 1.29 bits per heavy atom. The summed E-state index contributed by atoms with van der Waals surface area (Å²) in [7, 11) is 0. The van der Waals surface area contributed by atoms with Crippen LogP contribution in [0.25, 0.3) is 0 Å². The van der Waals surface area contributed by atoms with Gasteiger partial charge < -0.3 is 0 Å². The molecule has 0 aromatic carbocycles. The summed E-state index contributed by atoms with van der Waals surface area (Å²) in [6.45, 7) is -0.554. The SMILES string of the molecule is NNC(=O)Cn1c(=O)[nH]c(=O)[nH]c1=O. The molecule has 5 N–H and O–H groups in total. The summed E-state index contributed by atoms with van der Waals surface area (Å²) in [5.41, 5.74) is -1.13. The van der Waals surface area contributed by atoms with Crippen LogP contribution in [0.15, 0.2) is 14.4 Å². The van der Waals surface area contributed by atoms with Crippen molar-refractivity contribution in [1.82, 2.24) is 20.0 Å². The molecule has 0 bridgehead atoms. The highest BCUT2D eigenvalue weighted by Crippen LogP contribution is 1.67. The van der Waals surface area contributed by atoms with E-state index in [2.05, 4.69) is 0 Å². The van der Waals surface area contributed by atoms with Gasteiger partial charge in [-0.25, -0.2) is 24.8 Å². The van der Waals surface area contributed by atoms with E-state index in [0.29, 0.717) is 4.57 Å². The lowest BCUT2D eigenvalue weighted by molar-refractivity contribution is -0.121. The number of nitrogens with zero attached hydrogens (tertiary/aromatic N) is 1. The molecule has 9 nitrogen and oxygen atoms in total. The Kier molecular flexibility index (Phi) is 2.62. The molecular formula is C5H7N5O4. The zero-order chi connectivity index (χ0) is 10.7. The molecular weight excluding hydrogens is 194 g/mol. The predicted molar refractivity (Wildman–Crippen MR) is 44.3 cm³/mol. The van der Waals surface area contributed by atoms with Gasteiger partial charge in [0.2, 0.25) is 0 Å². The minimum atomic E-state index is -0.970. The number of nitrogens with two attached hydrogens (primary N) is 1. The molecule has 0 atom stereocenters. The van der Waals surface area contributed by atoms with Crippen LogP contribution in [0.2, 0.25) is 0 Å². The van der Waals surface area contributed by atoms with Crippen LogP contribution in [0.4, 0.5) is 0 Å². The minimum Gasteiger partial charge on any atom is -0.293 e. The number of hydrazine groups is 1. The van der Waals surface area contributed by atoms with Gasteiger partial charge in [-0.05, 0) is 0 Å². The van der Waals surface area contributed by atoms with Gasteiger partial charge in [-0.15, -0.1) is 0 Å². The normalized spacial score (nSPS) is 9.79. The van der Waals surface area contributed by atoms with Crippen LogP contribution in [-0.4, -0.2) is 20.4 Å². The number of carbonyl (C=O) groups excluding carboxylic acids is 1. The van der Waals surface area contributed by atoms with Gasteiger partial charge in [-0.3, -0.25) is 20.2 Å². The third-order valence-corrected chi connectivity index (χ3v) is 1.39. The van der Waals surface area contributed by atoms with E-state index in [4.69, 9.17) is 5.84 Å². The lowest BCUT2D eigenvalue weighted by Gasteiger charge is -2.00. The maximum atomic E-state index is 11.0. The van der Waals surface area contributed by atoms with E-state index in [1.807, 2.05) is 0 Å². The first kappa shape index (κ1) is 9.92. The van der Waals surface area contributed by atoms with E-state index in [0.717, 1.165) is 0 Å². The van der Waals surface area contributed by atoms with Crippen LogP contribution in [-0.2, 0) is 11.3 Å². The molecule has 0 saturated carbocycles. The Balaban J connectivity index is 3.23. The molecule has 0 aliphatic heterocycles. The highest BCUT2D eigenvalue weighted by molar-refractivity contribution is 5.74. The highest BCUT2D eigenvalue weighted by atomic mass is 16.2. The van der Waals surface area contributed by atoms with Gasteiger partial charge in [-0.1, -0.05) is 0 Å². The lowest BCUT2D eigenvalue weighted by atomic mass is 10.6. The summed E-state index contributed by atoms with van der Waals surface area (Å²) in [5, 5.41) is 0. The monoisotopic (exact) mass is 201 g/mol. The molecule has 0 spiro atoms. The smallest absolute Gasteiger partial charge is 0.293 e. The van der Waals surface area contributed by atoms with Crippen molar-refractivity contribution in [2.75, 3.05) is 0 Å². The minimum absolute atomic E-state index is 0.504. The van der Waals surface area contributed by atoms with Crippen LogP contribution in [0, 0.1) is 0 Å². The van der Waals surface area contributed by atoms with Crippen LogP contribution < -0.4 is 28.3 Å². The van der Waals surface area contributed by atoms with E-state index in [-0.39, 0.29) is 0 Å². The summed E-state index contributed by atoms with van der Waals surface area (Å²) in [6.07, 6.45) is 0. The van der Waals surface area contributed by atoms with E-state index >= 15 is 0 Å². The van der Waals surface area contributed by atoms with Crippen molar-refractivity contribution in [3.8, 4) is 0 Å². The van der Waals surface area contributed by atoms with E-state index in [9.17, 15) is 19.2 Å². The molecule has 0 aliphatic rings. The largest absolute Gasteiger partial charge is 0.334 e. The molecule has 0 aliphatic carbocycles. The number of aromatic amines is 2. The molecule has 1 amide bonds. The molecule has 1 heterocycles. The maximum Gasteiger partial charge on any atom is 0.334 e. The number of hydrogen-bond donors (Lipinski definition) is 4. The van der Waals surface area contributed by atoms with Gasteiger partial charge >= 0.3 is 17.1 Å². The molecule has 0 unspecified atom stereocenters. The molecule has 0 saturated heterocycles. The Morgan fingerprint density at radius 3 is 2.21 bits per heavy atom. The van der Waals surface area contributed by atoms with Gasteiger partial charge in [0, 0.05) is 0 Å². The number of carbonyl (C=O) groups is 1. The van der Waals surface area contributed by atoms with Gasteiger partial charge in [0.15, 0.2) is 0 Å². The summed E-state index contributed by atoms with van der Waals surface area (Å²) in [4.78, 5) is 46.8.